The zero-order chi connectivity index (χ0) is 34.7. The molecule has 3 aromatic carbocycles. The third-order valence-corrected chi connectivity index (χ3v) is 7.34. The summed E-state index contributed by atoms with van der Waals surface area (Å²) in [4.78, 5) is 39.1. The SMILES string of the molecule is CCC(C)COc1ccc(C(=O)Oc2ccc(C(=O)OC(OC(=O)c3ccccc3)C3COCCOCCOCCOCCO3)cc2)cc1. The zero-order valence-corrected chi connectivity index (χ0v) is 27.9. The van der Waals surface area contributed by atoms with Crippen LogP contribution in [0.1, 0.15) is 51.3 Å². The summed E-state index contributed by atoms with van der Waals surface area (Å²) in [5.41, 5.74) is 0.727. The Bertz CT molecular complexity index is 1400. The lowest BCUT2D eigenvalue weighted by Gasteiger charge is -2.27. The molecule has 3 unspecified atom stereocenters. The molecule has 1 heterocycles. The predicted molar refractivity (Wildman–Crippen MR) is 177 cm³/mol. The van der Waals surface area contributed by atoms with Gasteiger partial charge < -0.3 is 42.6 Å². The molecule has 3 atom stereocenters. The van der Waals surface area contributed by atoms with Crippen molar-refractivity contribution in [2.24, 2.45) is 5.92 Å². The Morgan fingerprint density at radius 3 is 1.69 bits per heavy atom. The lowest BCUT2D eigenvalue weighted by molar-refractivity contribution is -0.175. The maximum Gasteiger partial charge on any atom is 0.343 e. The van der Waals surface area contributed by atoms with Gasteiger partial charge in [0.2, 0.25) is 0 Å². The van der Waals surface area contributed by atoms with Crippen LogP contribution in [0.3, 0.4) is 0 Å². The Morgan fingerprint density at radius 1 is 0.633 bits per heavy atom. The second-order valence-corrected chi connectivity index (χ2v) is 11.1. The van der Waals surface area contributed by atoms with Gasteiger partial charge in [-0.05, 0) is 66.6 Å². The number of rotatable bonds is 11. The summed E-state index contributed by atoms with van der Waals surface area (Å²) in [6, 6.07) is 20.8. The van der Waals surface area contributed by atoms with Gasteiger partial charge in [-0.25, -0.2) is 14.4 Å². The number of esters is 3. The Hall–Kier alpha value is -4.33. The van der Waals surface area contributed by atoms with E-state index >= 15 is 0 Å². The maximum absolute atomic E-state index is 13.3. The molecule has 0 N–H and O–H groups in total. The van der Waals surface area contributed by atoms with Crippen LogP contribution < -0.4 is 9.47 Å². The third kappa shape index (κ3) is 13.2. The summed E-state index contributed by atoms with van der Waals surface area (Å²) in [6.07, 6.45) is -1.46. The van der Waals surface area contributed by atoms with Crippen molar-refractivity contribution in [3.05, 3.63) is 95.6 Å². The monoisotopic (exact) mass is 680 g/mol. The van der Waals surface area contributed by atoms with Gasteiger partial charge in [0, 0.05) is 0 Å². The average Bonchev–Trinajstić information content (AvgIpc) is 3.14. The van der Waals surface area contributed by atoms with Gasteiger partial charge in [0.1, 0.15) is 11.5 Å². The highest BCUT2D eigenvalue weighted by atomic mass is 16.7. The van der Waals surface area contributed by atoms with Gasteiger partial charge in [0.25, 0.3) is 6.29 Å². The van der Waals surface area contributed by atoms with Gasteiger partial charge in [0.05, 0.1) is 82.8 Å². The zero-order valence-electron chi connectivity index (χ0n) is 27.9. The maximum atomic E-state index is 13.3. The number of carbonyl (C=O) groups is 3. The molecule has 1 fully saturated rings. The molecule has 0 amide bonds. The Labute approximate surface area is 286 Å². The van der Waals surface area contributed by atoms with E-state index in [4.69, 9.17) is 42.6 Å². The first-order valence-electron chi connectivity index (χ1n) is 16.4. The standard InChI is InChI=1S/C37H44O12/c1-3-27(2)25-46-31-13-9-29(10-14-31)34(38)47-32-15-11-30(12-16-32)36(40)49-37(48-35(39)28-7-5-4-6-8-28)33-26-44-22-21-42-18-17-41-19-20-43-23-24-45-33/h4-16,27,33,37H,3,17-26H2,1-2H3. The minimum absolute atomic E-state index is 0.0697. The molecule has 1 saturated heterocycles. The van der Waals surface area contributed by atoms with Crippen molar-refractivity contribution in [1.82, 2.24) is 0 Å². The van der Waals surface area contributed by atoms with E-state index in [0.717, 1.165) is 6.42 Å². The van der Waals surface area contributed by atoms with Gasteiger partial charge in [-0.15, -0.1) is 0 Å². The molecule has 0 aromatic heterocycles. The predicted octanol–water partition coefficient (Wildman–Crippen LogP) is 5.14. The molecule has 3 aromatic rings. The highest BCUT2D eigenvalue weighted by Crippen LogP contribution is 2.20. The molecule has 0 bridgehead atoms. The summed E-state index contributed by atoms with van der Waals surface area (Å²) in [6.45, 7) is 7.17. The summed E-state index contributed by atoms with van der Waals surface area (Å²) in [5.74, 6) is -0.773. The van der Waals surface area contributed by atoms with Crippen LogP contribution in [0.5, 0.6) is 11.5 Å². The van der Waals surface area contributed by atoms with Crippen molar-refractivity contribution < 1.29 is 57.0 Å². The number of carbonyl (C=O) groups excluding carboxylic acids is 3. The van der Waals surface area contributed by atoms with E-state index in [1.165, 1.54) is 24.3 Å². The molecule has 264 valence electrons. The van der Waals surface area contributed by atoms with Crippen LogP contribution in [0.2, 0.25) is 0 Å². The largest absolute Gasteiger partial charge is 0.493 e. The molecule has 0 saturated carbocycles. The van der Waals surface area contributed by atoms with Crippen molar-refractivity contribution in [2.75, 3.05) is 66.1 Å². The highest BCUT2D eigenvalue weighted by molar-refractivity contribution is 5.92. The van der Waals surface area contributed by atoms with E-state index in [1.54, 1.807) is 54.6 Å². The average molecular weight is 681 g/mol. The number of benzene rings is 3. The molecule has 1 aliphatic heterocycles. The fourth-order valence-corrected chi connectivity index (χ4v) is 4.29. The van der Waals surface area contributed by atoms with Crippen LogP contribution in [-0.4, -0.2) is 96.4 Å². The second kappa shape index (κ2) is 20.9. The number of hydrogen-bond donors (Lipinski definition) is 0. The van der Waals surface area contributed by atoms with Crippen molar-refractivity contribution in [1.29, 1.82) is 0 Å². The van der Waals surface area contributed by atoms with Gasteiger partial charge in [-0.1, -0.05) is 38.5 Å². The molecule has 0 radical (unpaired) electrons. The van der Waals surface area contributed by atoms with Gasteiger partial charge >= 0.3 is 17.9 Å². The number of hydrogen-bond acceptors (Lipinski definition) is 12. The summed E-state index contributed by atoms with van der Waals surface area (Å²) in [5, 5.41) is 0. The second-order valence-electron chi connectivity index (χ2n) is 11.1. The van der Waals surface area contributed by atoms with Crippen LogP contribution in [0.25, 0.3) is 0 Å². The van der Waals surface area contributed by atoms with Gasteiger partial charge in [-0.2, -0.15) is 0 Å². The molecular formula is C37H44O12. The molecule has 1 aliphatic rings. The first-order valence-corrected chi connectivity index (χ1v) is 16.4. The van der Waals surface area contributed by atoms with E-state index in [9.17, 15) is 14.4 Å². The fourth-order valence-electron chi connectivity index (χ4n) is 4.29. The van der Waals surface area contributed by atoms with Gasteiger partial charge in [-0.3, -0.25) is 0 Å². The first kappa shape index (κ1) is 37.5. The van der Waals surface area contributed by atoms with E-state index in [0.29, 0.717) is 56.9 Å². The summed E-state index contributed by atoms with van der Waals surface area (Å²) < 4.78 is 50.8. The number of ether oxygens (including phenoxy) is 9. The molecule has 12 heteroatoms. The van der Waals surface area contributed by atoms with Crippen LogP contribution in [0.4, 0.5) is 0 Å². The van der Waals surface area contributed by atoms with Crippen molar-refractivity contribution in [3.63, 3.8) is 0 Å². The van der Waals surface area contributed by atoms with E-state index < -0.39 is 30.3 Å². The van der Waals surface area contributed by atoms with Crippen LogP contribution in [0.15, 0.2) is 78.9 Å². The summed E-state index contributed by atoms with van der Waals surface area (Å²) >= 11 is 0. The van der Waals surface area contributed by atoms with Crippen molar-refractivity contribution in [2.45, 2.75) is 32.7 Å². The molecular weight excluding hydrogens is 636 g/mol. The quantitative estimate of drug-likeness (QED) is 0.151. The lowest BCUT2D eigenvalue weighted by Crippen LogP contribution is -2.41. The van der Waals surface area contributed by atoms with Gasteiger partial charge in [0.15, 0.2) is 6.10 Å². The van der Waals surface area contributed by atoms with E-state index in [2.05, 4.69) is 13.8 Å². The Kier molecular flexibility index (Phi) is 16.0. The topological polar surface area (TPSA) is 134 Å². The Balaban J connectivity index is 1.41. The molecule has 12 nitrogen and oxygen atoms in total. The fraction of sp³-hybridized carbons (Fsp3) is 0.432. The smallest absolute Gasteiger partial charge is 0.343 e. The normalized spacial score (nSPS) is 17.7. The lowest BCUT2D eigenvalue weighted by atomic mass is 10.1. The molecule has 4 rings (SSSR count). The highest BCUT2D eigenvalue weighted by Gasteiger charge is 2.31. The van der Waals surface area contributed by atoms with Crippen molar-refractivity contribution in [3.8, 4) is 11.5 Å². The van der Waals surface area contributed by atoms with Crippen LogP contribution >= 0.6 is 0 Å². The molecule has 49 heavy (non-hydrogen) atoms. The van der Waals surface area contributed by atoms with Crippen LogP contribution in [-0.2, 0) is 33.2 Å². The molecule has 0 spiro atoms. The third-order valence-electron chi connectivity index (χ3n) is 7.34. The first-order chi connectivity index (χ1) is 23.9. The minimum atomic E-state index is -1.48. The van der Waals surface area contributed by atoms with Crippen molar-refractivity contribution >= 4 is 17.9 Å². The summed E-state index contributed by atoms with van der Waals surface area (Å²) in [7, 11) is 0. The molecule has 0 aliphatic carbocycles. The van der Waals surface area contributed by atoms with Crippen LogP contribution in [0, 0.1) is 5.92 Å². The minimum Gasteiger partial charge on any atom is -0.493 e. The van der Waals surface area contributed by atoms with E-state index in [1.807, 2.05) is 0 Å². The Morgan fingerprint density at radius 2 is 1.12 bits per heavy atom. The van der Waals surface area contributed by atoms with E-state index in [-0.39, 0.29) is 43.3 Å².